The van der Waals surface area contributed by atoms with E-state index in [1.54, 1.807) is 0 Å². The fraction of sp³-hybridized carbons (Fsp3) is 0. The van der Waals surface area contributed by atoms with Gasteiger partial charge in [0.25, 0.3) is 0 Å². The number of nitrogens with zero attached hydrogens (tertiary/aromatic N) is 1. The second-order valence-corrected chi connectivity index (χ2v) is 16.1. The smallest absolute Gasteiger partial charge is 0.135 e. The van der Waals surface area contributed by atoms with Crippen molar-refractivity contribution < 1.29 is 4.42 Å². The maximum Gasteiger partial charge on any atom is 0.135 e. The number of hydrogen-bond donors (Lipinski definition) is 0. The second kappa shape index (κ2) is 14.8. The van der Waals surface area contributed by atoms with Gasteiger partial charge in [-0.05, 0) is 137 Å². The van der Waals surface area contributed by atoms with Crippen molar-refractivity contribution in [2.24, 2.45) is 0 Å². The normalized spacial score (nSPS) is 11.5. The van der Waals surface area contributed by atoms with Gasteiger partial charge in [0.05, 0.1) is 0 Å². The van der Waals surface area contributed by atoms with E-state index < -0.39 is 0 Å². The fourth-order valence-corrected chi connectivity index (χ4v) is 9.29. The minimum Gasteiger partial charge on any atom is -0.456 e. The number of anilines is 3. The average molecular weight is 790 g/mol. The van der Waals surface area contributed by atoms with Crippen LogP contribution in [0.25, 0.3) is 98.8 Å². The van der Waals surface area contributed by atoms with Gasteiger partial charge in [-0.2, -0.15) is 0 Å². The molecule has 290 valence electrons. The molecule has 0 amide bonds. The molecule has 1 aromatic heterocycles. The summed E-state index contributed by atoms with van der Waals surface area (Å²) in [4.78, 5) is 2.36. The van der Waals surface area contributed by atoms with Crippen molar-refractivity contribution in [1.82, 2.24) is 0 Å². The Morgan fingerprint density at radius 3 is 1.56 bits per heavy atom. The number of para-hydroxylation sites is 1. The van der Waals surface area contributed by atoms with Gasteiger partial charge in [-0.3, -0.25) is 0 Å². The Labute approximate surface area is 360 Å². The summed E-state index contributed by atoms with van der Waals surface area (Å²) in [5.41, 5.74) is 14.5. The molecule has 2 heteroatoms. The second-order valence-electron chi connectivity index (χ2n) is 16.1. The first-order valence-corrected chi connectivity index (χ1v) is 21.2. The molecule has 0 bridgehead atoms. The van der Waals surface area contributed by atoms with Crippen LogP contribution in [0.4, 0.5) is 17.1 Å². The van der Waals surface area contributed by atoms with E-state index in [1.807, 2.05) is 12.1 Å². The van der Waals surface area contributed by atoms with Crippen LogP contribution in [0.1, 0.15) is 0 Å². The molecule has 0 N–H and O–H groups in total. The van der Waals surface area contributed by atoms with Crippen LogP contribution in [-0.4, -0.2) is 0 Å². The van der Waals surface area contributed by atoms with E-state index in [0.29, 0.717) is 0 Å². The standard InChI is InChI=1S/C60H39NO/c1-2-11-46-37-48(24-23-40(46)9-1)43-21-19-41(20-22-43)42-25-31-50(32-26-42)61(52-13-7-12-47(38-52)49-30-36-60-58(39-49)57-15-5-6-18-59(57)62-60)51-33-27-45(28-34-51)54-16-8-17-55-53-14-4-3-10-44(53)29-35-56(54)55/h1-39H. The third-order valence-corrected chi connectivity index (χ3v) is 12.5. The zero-order valence-electron chi connectivity index (χ0n) is 33.9. The summed E-state index contributed by atoms with van der Waals surface area (Å²) in [6, 6.07) is 85.6. The maximum atomic E-state index is 6.18. The zero-order valence-corrected chi connectivity index (χ0v) is 33.9. The molecular weight excluding hydrogens is 751 g/mol. The molecule has 0 saturated heterocycles. The highest BCUT2D eigenvalue weighted by Gasteiger charge is 2.16. The highest BCUT2D eigenvalue weighted by atomic mass is 16.3. The van der Waals surface area contributed by atoms with Crippen molar-refractivity contribution in [1.29, 1.82) is 0 Å². The minimum absolute atomic E-state index is 0.899. The number of rotatable bonds is 7. The predicted molar refractivity (Wildman–Crippen MR) is 263 cm³/mol. The first-order valence-electron chi connectivity index (χ1n) is 21.2. The van der Waals surface area contributed by atoms with Crippen molar-refractivity contribution in [3.8, 4) is 44.5 Å². The Morgan fingerprint density at radius 1 is 0.242 bits per heavy atom. The summed E-state index contributed by atoms with van der Waals surface area (Å²) in [6.45, 7) is 0. The number of hydrogen-bond acceptors (Lipinski definition) is 2. The lowest BCUT2D eigenvalue weighted by Gasteiger charge is -2.26. The van der Waals surface area contributed by atoms with Crippen molar-refractivity contribution >= 4 is 71.3 Å². The van der Waals surface area contributed by atoms with Crippen molar-refractivity contribution in [3.63, 3.8) is 0 Å². The lowest BCUT2D eigenvalue weighted by Crippen LogP contribution is -2.10. The van der Waals surface area contributed by atoms with Gasteiger partial charge in [0.15, 0.2) is 0 Å². The van der Waals surface area contributed by atoms with Crippen LogP contribution in [0.2, 0.25) is 0 Å². The van der Waals surface area contributed by atoms with E-state index in [2.05, 4.69) is 229 Å². The third-order valence-electron chi connectivity index (χ3n) is 12.5. The summed E-state index contributed by atoms with van der Waals surface area (Å²) in [6.07, 6.45) is 0. The highest BCUT2D eigenvalue weighted by Crippen LogP contribution is 2.41. The molecule has 0 aliphatic heterocycles. The summed E-state index contributed by atoms with van der Waals surface area (Å²) >= 11 is 0. The number of benzene rings is 11. The van der Waals surface area contributed by atoms with E-state index in [1.165, 1.54) is 65.7 Å². The third kappa shape index (κ3) is 6.29. The Hall–Kier alpha value is -8.20. The molecular formula is C60H39NO. The van der Waals surface area contributed by atoms with Crippen LogP contribution in [0.15, 0.2) is 241 Å². The average Bonchev–Trinajstić information content (AvgIpc) is 3.72. The van der Waals surface area contributed by atoms with Gasteiger partial charge in [0.1, 0.15) is 11.2 Å². The van der Waals surface area contributed by atoms with Gasteiger partial charge < -0.3 is 9.32 Å². The van der Waals surface area contributed by atoms with E-state index in [-0.39, 0.29) is 0 Å². The summed E-state index contributed by atoms with van der Waals surface area (Å²) in [5, 5.41) is 9.83. The van der Waals surface area contributed by atoms with E-state index >= 15 is 0 Å². The molecule has 12 aromatic rings. The van der Waals surface area contributed by atoms with Gasteiger partial charge in [-0.15, -0.1) is 0 Å². The van der Waals surface area contributed by atoms with Crippen LogP contribution >= 0.6 is 0 Å². The number of fused-ring (bicyclic) bond motifs is 7. The summed E-state index contributed by atoms with van der Waals surface area (Å²) in [5.74, 6) is 0. The van der Waals surface area contributed by atoms with Crippen molar-refractivity contribution in [3.05, 3.63) is 237 Å². The van der Waals surface area contributed by atoms with Gasteiger partial charge in [-0.1, -0.05) is 176 Å². The lowest BCUT2D eigenvalue weighted by atomic mass is 9.94. The SMILES string of the molecule is c1cc(-c2ccc3oc4ccccc4c3c2)cc(N(c2ccc(-c3ccc(-c4ccc5ccccc5c4)cc3)cc2)c2ccc(-c3cccc4c3ccc3ccccc34)cc2)c1. The first kappa shape index (κ1) is 35.7. The molecule has 2 nitrogen and oxygen atoms in total. The molecule has 0 spiro atoms. The van der Waals surface area contributed by atoms with E-state index in [9.17, 15) is 0 Å². The Morgan fingerprint density at radius 2 is 0.774 bits per heavy atom. The topological polar surface area (TPSA) is 16.4 Å². The molecule has 0 fully saturated rings. The highest BCUT2D eigenvalue weighted by molar-refractivity contribution is 6.12. The van der Waals surface area contributed by atoms with Gasteiger partial charge >= 0.3 is 0 Å². The van der Waals surface area contributed by atoms with E-state index in [0.717, 1.165) is 50.1 Å². The molecule has 0 aliphatic carbocycles. The molecule has 0 radical (unpaired) electrons. The molecule has 0 aliphatic rings. The van der Waals surface area contributed by atoms with E-state index in [4.69, 9.17) is 4.42 Å². The molecule has 0 unspecified atom stereocenters. The minimum atomic E-state index is 0.899. The van der Waals surface area contributed by atoms with Crippen LogP contribution in [0, 0.1) is 0 Å². The molecule has 0 atom stereocenters. The Kier molecular flexibility index (Phi) is 8.53. The molecule has 11 aromatic carbocycles. The monoisotopic (exact) mass is 789 g/mol. The van der Waals surface area contributed by atoms with Gasteiger partial charge in [0, 0.05) is 27.8 Å². The number of furan rings is 1. The predicted octanol–water partition coefficient (Wildman–Crippen LogP) is 17.2. The molecule has 12 rings (SSSR count). The molecule has 0 saturated carbocycles. The lowest BCUT2D eigenvalue weighted by molar-refractivity contribution is 0.669. The largest absolute Gasteiger partial charge is 0.456 e. The van der Waals surface area contributed by atoms with Crippen LogP contribution in [0.3, 0.4) is 0 Å². The van der Waals surface area contributed by atoms with Crippen LogP contribution in [-0.2, 0) is 0 Å². The summed E-state index contributed by atoms with van der Waals surface area (Å²) in [7, 11) is 0. The van der Waals surface area contributed by atoms with Crippen LogP contribution in [0.5, 0.6) is 0 Å². The van der Waals surface area contributed by atoms with Crippen LogP contribution < -0.4 is 4.90 Å². The zero-order chi connectivity index (χ0) is 41.0. The maximum absolute atomic E-state index is 6.18. The van der Waals surface area contributed by atoms with Crippen molar-refractivity contribution in [2.45, 2.75) is 0 Å². The molecule has 62 heavy (non-hydrogen) atoms. The molecule has 1 heterocycles. The van der Waals surface area contributed by atoms with Crippen molar-refractivity contribution in [2.75, 3.05) is 4.90 Å². The summed E-state index contributed by atoms with van der Waals surface area (Å²) < 4.78 is 6.18. The van der Waals surface area contributed by atoms with Gasteiger partial charge in [0.2, 0.25) is 0 Å². The Balaban J connectivity index is 0.920. The Bertz CT molecular complexity index is 3620. The first-order chi connectivity index (χ1) is 30.7. The van der Waals surface area contributed by atoms with Gasteiger partial charge in [-0.25, -0.2) is 0 Å². The quantitative estimate of drug-likeness (QED) is 0.150. The fourth-order valence-electron chi connectivity index (χ4n) is 9.29.